The van der Waals surface area contributed by atoms with Crippen molar-refractivity contribution in [2.75, 3.05) is 14.2 Å². The summed E-state index contributed by atoms with van der Waals surface area (Å²) >= 11 is 3.24. The highest BCUT2D eigenvalue weighted by molar-refractivity contribution is 9.09. The van der Waals surface area contributed by atoms with Gasteiger partial charge in [0.25, 0.3) is 0 Å². The zero-order valence-electron chi connectivity index (χ0n) is 9.99. The maximum Gasteiger partial charge on any atom is 0.323 e. The van der Waals surface area contributed by atoms with E-state index in [1.165, 1.54) is 7.11 Å². The van der Waals surface area contributed by atoms with Crippen molar-refractivity contribution in [2.24, 2.45) is 0 Å². The van der Waals surface area contributed by atoms with Crippen LogP contribution in [0.2, 0.25) is 0 Å². The van der Waals surface area contributed by atoms with E-state index in [1.807, 2.05) is 26.0 Å². The molecule has 1 unspecified atom stereocenters. The average Bonchev–Trinajstić information content (AvgIpc) is 2.39. The zero-order chi connectivity index (χ0) is 12.6. The summed E-state index contributed by atoms with van der Waals surface area (Å²) in [6, 6.07) is 7.23. The Kier molecular flexibility index (Phi) is 7.64. The Balaban J connectivity index is 0.00000106. The monoisotopic (exact) mass is 288 g/mol. The Labute approximate surface area is 105 Å². The van der Waals surface area contributed by atoms with Crippen LogP contribution in [-0.2, 0) is 9.53 Å². The van der Waals surface area contributed by atoms with Gasteiger partial charge in [-0.2, -0.15) is 0 Å². The van der Waals surface area contributed by atoms with Crippen LogP contribution < -0.4 is 4.74 Å². The molecule has 1 aromatic carbocycles. The molecule has 3 nitrogen and oxygen atoms in total. The lowest BCUT2D eigenvalue weighted by Gasteiger charge is -2.08. The number of rotatable bonds is 3. The maximum atomic E-state index is 11.2. The minimum Gasteiger partial charge on any atom is -0.497 e. The highest BCUT2D eigenvalue weighted by Gasteiger charge is 2.16. The van der Waals surface area contributed by atoms with E-state index >= 15 is 0 Å². The summed E-state index contributed by atoms with van der Waals surface area (Å²) in [7, 11) is 2.96. The molecule has 0 radical (unpaired) electrons. The number of hydrogen-bond donors (Lipinski definition) is 0. The number of halogens is 1. The number of alkyl halides is 1. The Hall–Kier alpha value is -1.03. The van der Waals surface area contributed by atoms with Gasteiger partial charge in [-0.05, 0) is 17.7 Å². The van der Waals surface area contributed by atoms with E-state index in [9.17, 15) is 4.79 Å². The van der Waals surface area contributed by atoms with Crippen LogP contribution in [0.3, 0.4) is 0 Å². The second kappa shape index (κ2) is 8.16. The Morgan fingerprint density at radius 3 is 2.06 bits per heavy atom. The van der Waals surface area contributed by atoms with Crippen LogP contribution in [0.15, 0.2) is 24.3 Å². The molecule has 0 spiro atoms. The number of carbonyl (C=O) groups excluding carboxylic acids is 1. The molecule has 0 aliphatic heterocycles. The fourth-order valence-corrected chi connectivity index (χ4v) is 1.50. The van der Waals surface area contributed by atoms with Crippen molar-refractivity contribution in [1.82, 2.24) is 0 Å². The predicted molar refractivity (Wildman–Crippen MR) is 68.0 cm³/mol. The van der Waals surface area contributed by atoms with Gasteiger partial charge in [-0.3, -0.25) is 4.79 Å². The molecule has 0 heterocycles. The molecule has 1 rings (SSSR count). The molecule has 0 aliphatic carbocycles. The molecule has 4 heteroatoms. The SMILES string of the molecule is CC.COC(=O)C(Br)c1ccc(OC)cc1. The summed E-state index contributed by atoms with van der Waals surface area (Å²) in [5, 5.41) is 0. The van der Waals surface area contributed by atoms with E-state index in [-0.39, 0.29) is 5.97 Å². The van der Waals surface area contributed by atoms with Gasteiger partial charge in [0.2, 0.25) is 0 Å². The highest BCUT2D eigenvalue weighted by atomic mass is 79.9. The molecule has 16 heavy (non-hydrogen) atoms. The van der Waals surface area contributed by atoms with Gasteiger partial charge in [0.05, 0.1) is 14.2 Å². The molecule has 0 fully saturated rings. The average molecular weight is 289 g/mol. The molecule has 0 aliphatic rings. The van der Waals surface area contributed by atoms with Crippen molar-refractivity contribution in [3.63, 3.8) is 0 Å². The first-order chi connectivity index (χ1) is 7.69. The van der Waals surface area contributed by atoms with Crippen LogP contribution in [0, 0.1) is 0 Å². The highest BCUT2D eigenvalue weighted by Crippen LogP contribution is 2.25. The van der Waals surface area contributed by atoms with Gasteiger partial charge in [-0.1, -0.05) is 41.9 Å². The van der Waals surface area contributed by atoms with Gasteiger partial charge in [0, 0.05) is 0 Å². The van der Waals surface area contributed by atoms with Gasteiger partial charge in [-0.15, -0.1) is 0 Å². The van der Waals surface area contributed by atoms with Gasteiger partial charge >= 0.3 is 5.97 Å². The Morgan fingerprint density at radius 2 is 1.69 bits per heavy atom. The molecule has 0 amide bonds. The van der Waals surface area contributed by atoms with E-state index in [0.29, 0.717) is 0 Å². The zero-order valence-corrected chi connectivity index (χ0v) is 11.6. The van der Waals surface area contributed by atoms with Gasteiger partial charge in [-0.25, -0.2) is 0 Å². The third-order valence-electron chi connectivity index (χ3n) is 1.82. The summed E-state index contributed by atoms with van der Waals surface area (Å²) in [6.45, 7) is 4.00. The number of hydrogen-bond acceptors (Lipinski definition) is 3. The molecule has 0 bridgehead atoms. The third kappa shape index (κ3) is 4.23. The summed E-state index contributed by atoms with van der Waals surface area (Å²) in [4.78, 5) is 10.7. The van der Waals surface area contributed by atoms with Crippen LogP contribution in [0.1, 0.15) is 24.2 Å². The Bertz CT molecular complexity index is 309. The second-order valence-corrected chi connectivity index (χ2v) is 3.57. The summed E-state index contributed by atoms with van der Waals surface area (Å²) < 4.78 is 9.61. The first kappa shape index (κ1) is 15.0. The van der Waals surface area contributed by atoms with Gasteiger partial charge in [0.1, 0.15) is 10.6 Å². The smallest absolute Gasteiger partial charge is 0.323 e. The minimum absolute atomic E-state index is 0.310. The van der Waals surface area contributed by atoms with Crippen LogP contribution >= 0.6 is 15.9 Å². The number of ether oxygens (including phenoxy) is 2. The molecular weight excluding hydrogens is 272 g/mol. The van der Waals surface area contributed by atoms with E-state index in [1.54, 1.807) is 19.2 Å². The number of benzene rings is 1. The largest absolute Gasteiger partial charge is 0.497 e. The fourth-order valence-electron chi connectivity index (χ4n) is 1.01. The van der Waals surface area contributed by atoms with Crippen molar-refractivity contribution < 1.29 is 14.3 Å². The van der Waals surface area contributed by atoms with Crippen molar-refractivity contribution in [3.05, 3.63) is 29.8 Å². The lowest BCUT2D eigenvalue weighted by molar-refractivity contribution is -0.139. The standard InChI is InChI=1S/C10H11BrO3.C2H6/c1-13-8-5-3-7(4-6-8)9(11)10(12)14-2;1-2/h3-6,9H,1-2H3;1-2H3. The van der Waals surface area contributed by atoms with Crippen LogP contribution in [0.5, 0.6) is 5.75 Å². The molecule has 0 aromatic heterocycles. The number of esters is 1. The second-order valence-electron chi connectivity index (χ2n) is 2.66. The topological polar surface area (TPSA) is 35.5 Å². The van der Waals surface area contributed by atoms with Gasteiger partial charge in [0.15, 0.2) is 0 Å². The predicted octanol–water partition coefficient (Wildman–Crippen LogP) is 3.33. The van der Waals surface area contributed by atoms with Crippen LogP contribution in [0.4, 0.5) is 0 Å². The first-order valence-corrected chi connectivity index (χ1v) is 5.96. The minimum atomic E-state index is -0.418. The normalized spacial score (nSPS) is 10.8. The van der Waals surface area contributed by atoms with Gasteiger partial charge < -0.3 is 9.47 Å². The molecule has 1 aromatic rings. The van der Waals surface area contributed by atoms with Crippen molar-refractivity contribution in [2.45, 2.75) is 18.7 Å². The van der Waals surface area contributed by atoms with E-state index in [4.69, 9.17) is 4.74 Å². The number of methoxy groups -OCH3 is 2. The Morgan fingerprint density at radius 1 is 1.19 bits per heavy atom. The van der Waals surface area contributed by atoms with Crippen molar-refractivity contribution in [3.8, 4) is 5.75 Å². The molecule has 0 saturated heterocycles. The molecular formula is C12H17BrO3. The maximum absolute atomic E-state index is 11.2. The summed E-state index contributed by atoms with van der Waals surface area (Å²) in [6.07, 6.45) is 0. The number of carbonyl (C=O) groups is 1. The van der Waals surface area contributed by atoms with Crippen molar-refractivity contribution >= 4 is 21.9 Å². The van der Waals surface area contributed by atoms with Crippen LogP contribution in [-0.4, -0.2) is 20.2 Å². The molecule has 90 valence electrons. The lowest BCUT2D eigenvalue weighted by atomic mass is 10.1. The van der Waals surface area contributed by atoms with E-state index < -0.39 is 4.83 Å². The molecule has 0 N–H and O–H groups in total. The fraction of sp³-hybridized carbons (Fsp3) is 0.417. The third-order valence-corrected chi connectivity index (χ3v) is 2.72. The quantitative estimate of drug-likeness (QED) is 0.632. The van der Waals surface area contributed by atoms with Crippen LogP contribution in [0.25, 0.3) is 0 Å². The molecule has 1 atom stereocenters. The van der Waals surface area contributed by atoms with E-state index in [2.05, 4.69) is 20.7 Å². The lowest BCUT2D eigenvalue weighted by Crippen LogP contribution is -2.07. The summed E-state index contributed by atoms with van der Waals surface area (Å²) in [5.41, 5.74) is 0.845. The summed E-state index contributed by atoms with van der Waals surface area (Å²) in [5.74, 6) is 0.452. The molecule has 0 saturated carbocycles. The first-order valence-electron chi connectivity index (χ1n) is 5.05. The van der Waals surface area contributed by atoms with E-state index in [0.717, 1.165) is 11.3 Å². The van der Waals surface area contributed by atoms with Crippen molar-refractivity contribution in [1.29, 1.82) is 0 Å².